The van der Waals surface area contributed by atoms with Crippen molar-refractivity contribution in [3.05, 3.63) is 34.7 Å². The van der Waals surface area contributed by atoms with E-state index >= 15 is 0 Å². The molecule has 24 heavy (non-hydrogen) atoms. The van der Waals surface area contributed by atoms with E-state index in [9.17, 15) is 14.7 Å². The Kier molecular flexibility index (Phi) is 5.01. The van der Waals surface area contributed by atoms with Crippen molar-refractivity contribution in [3.8, 4) is 0 Å². The van der Waals surface area contributed by atoms with E-state index in [4.69, 9.17) is 5.11 Å². The summed E-state index contributed by atoms with van der Waals surface area (Å²) in [5, 5.41) is 18.7. The van der Waals surface area contributed by atoms with Gasteiger partial charge in [0.25, 0.3) is 0 Å². The molecule has 3 rings (SSSR count). The summed E-state index contributed by atoms with van der Waals surface area (Å²) < 4.78 is 1.59. The monoisotopic (exact) mass is 333 g/mol. The number of H-pyrrole nitrogens is 1. The lowest BCUT2D eigenvalue weighted by molar-refractivity contribution is -0.133. The van der Waals surface area contributed by atoms with E-state index in [-0.39, 0.29) is 30.5 Å². The summed E-state index contributed by atoms with van der Waals surface area (Å²) in [4.78, 5) is 28.9. The Bertz CT molecular complexity index is 759. The minimum absolute atomic E-state index is 0.0177. The standard InChI is InChI=1S/C17H23N3O4/c21-11-15(22)12-5-8-19(9-6-12)16(23)7-10-20-14-4-2-1-3-13(14)18-17(20)24/h1-4,12,15,21-22H,5-11H2,(H,18,24). The highest BCUT2D eigenvalue weighted by Gasteiger charge is 2.26. The van der Waals surface area contributed by atoms with Crippen LogP contribution in [0.3, 0.4) is 0 Å². The van der Waals surface area contributed by atoms with E-state index in [1.54, 1.807) is 9.47 Å². The van der Waals surface area contributed by atoms with Crippen LogP contribution in [0.5, 0.6) is 0 Å². The Balaban J connectivity index is 1.58. The molecule has 1 aliphatic heterocycles. The number of benzene rings is 1. The number of aromatic amines is 1. The van der Waals surface area contributed by atoms with Gasteiger partial charge in [0.2, 0.25) is 5.91 Å². The molecule has 1 aromatic heterocycles. The molecule has 0 bridgehead atoms. The summed E-state index contributed by atoms with van der Waals surface area (Å²) in [5.74, 6) is 0.0689. The molecular weight excluding hydrogens is 310 g/mol. The average molecular weight is 333 g/mol. The summed E-state index contributed by atoms with van der Waals surface area (Å²) >= 11 is 0. The Labute approximate surface area is 139 Å². The van der Waals surface area contributed by atoms with Crippen molar-refractivity contribution < 1.29 is 15.0 Å². The lowest BCUT2D eigenvalue weighted by Crippen LogP contribution is -2.42. The molecule has 1 aromatic carbocycles. The summed E-state index contributed by atoms with van der Waals surface area (Å²) in [6.45, 7) is 1.29. The molecule has 0 radical (unpaired) electrons. The minimum Gasteiger partial charge on any atom is -0.394 e. The topological polar surface area (TPSA) is 98.6 Å². The first-order valence-electron chi connectivity index (χ1n) is 8.34. The number of rotatable bonds is 5. The van der Waals surface area contributed by atoms with Crippen molar-refractivity contribution in [2.45, 2.75) is 31.9 Å². The third-order valence-corrected chi connectivity index (χ3v) is 4.85. The van der Waals surface area contributed by atoms with Crippen LogP contribution in [0.15, 0.2) is 29.1 Å². The van der Waals surface area contributed by atoms with Gasteiger partial charge in [0, 0.05) is 26.1 Å². The van der Waals surface area contributed by atoms with Crippen molar-refractivity contribution in [1.29, 1.82) is 0 Å². The number of carbonyl (C=O) groups is 1. The number of likely N-dealkylation sites (tertiary alicyclic amines) is 1. The number of carbonyl (C=O) groups excluding carboxylic acids is 1. The largest absolute Gasteiger partial charge is 0.394 e. The van der Waals surface area contributed by atoms with E-state index in [2.05, 4.69) is 4.98 Å². The van der Waals surface area contributed by atoms with Crippen LogP contribution >= 0.6 is 0 Å². The van der Waals surface area contributed by atoms with Crippen LogP contribution in [-0.2, 0) is 11.3 Å². The number of amides is 1. The van der Waals surface area contributed by atoms with Crippen molar-refractivity contribution in [1.82, 2.24) is 14.5 Å². The number of hydrogen-bond donors (Lipinski definition) is 3. The molecule has 1 saturated heterocycles. The number of aromatic nitrogens is 2. The number of nitrogens with one attached hydrogen (secondary N) is 1. The molecule has 1 unspecified atom stereocenters. The molecule has 3 N–H and O–H groups in total. The van der Waals surface area contributed by atoms with Crippen LogP contribution in [-0.4, -0.2) is 56.4 Å². The lowest BCUT2D eigenvalue weighted by Gasteiger charge is -2.33. The van der Waals surface area contributed by atoms with E-state index < -0.39 is 6.10 Å². The molecule has 7 heteroatoms. The predicted molar refractivity (Wildman–Crippen MR) is 89.6 cm³/mol. The smallest absolute Gasteiger partial charge is 0.326 e. The summed E-state index contributed by atoms with van der Waals surface area (Å²) in [6.07, 6.45) is 0.961. The van der Waals surface area contributed by atoms with Gasteiger partial charge in [-0.05, 0) is 30.9 Å². The van der Waals surface area contributed by atoms with E-state index in [0.717, 1.165) is 11.0 Å². The van der Waals surface area contributed by atoms with Crippen molar-refractivity contribution in [2.75, 3.05) is 19.7 Å². The molecule has 0 saturated carbocycles. The van der Waals surface area contributed by atoms with Gasteiger partial charge in [0.05, 0.1) is 23.7 Å². The molecule has 2 heterocycles. The second-order valence-electron chi connectivity index (χ2n) is 6.32. The molecule has 0 spiro atoms. The van der Waals surface area contributed by atoms with E-state index in [0.29, 0.717) is 32.5 Å². The normalized spacial score (nSPS) is 17.3. The summed E-state index contributed by atoms with van der Waals surface area (Å²) in [7, 11) is 0. The van der Waals surface area contributed by atoms with Crippen LogP contribution in [0.25, 0.3) is 11.0 Å². The Morgan fingerprint density at radius 1 is 1.29 bits per heavy atom. The number of nitrogens with zero attached hydrogens (tertiary/aromatic N) is 2. The molecule has 1 atom stereocenters. The maximum atomic E-state index is 12.4. The maximum absolute atomic E-state index is 12.4. The number of fused-ring (bicyclic) bond motifs is 1. The highest BCUT2D eigenvalue weighted by Crippen LogP contribution is 2.21. The van der Waals surface area contributed by atoms with Gasteiger partial charge in [0.15, 0.2) is 0 Å². The third kappa shape index (κ3) is 3.37. The molecule has 7 nitrogen and oxygen atoms in total. The van der Waals surface area contributed by atoms with Gasteiger partial charge in [-0.3, -0.25) is 9.36 Å². The van der Waals surface area contributed by atoms with Crippen LogP contribution < -0.4 is 5.69 Å². The van der Waals surface area contributed by atoms with Crippen LogP contribution in [0.4, 0.5) is 0 Å². The highest BCUT2D eigenvalue weighted by atomic mass is 16.3. The second-order valence-corrected chi connectivity index (χ2v) is 6.32. The first-order valence-corrected chi connectivity index (χ1v) is 8.34. The fourth-order valence-corrected chi connectivity index (χ4v) is 3.38. The van der Waals surface area contributed by atoms with Gasteiger partial charge in [-0.1, -0.05) is 12.1 Å². The quantitative estimate of drug-likeness (QED) is 0.733. The zero-order chi connectivity index (χ0) is 17.1. The molecule has 1 aliphatic rings. The highest BCUT2D eigenvalue weighted by molar-refractivity contribution is 5.77. The van der Waals surface area contributed by atoms with Crippen LogP contribution in [0, 0.1) is 5.92 Å². The zero-order valence-corrected chi connectivity index (χ0v) is 13.5. The molecule has 1 amide bonds. The zero-order valence-electron chi connectivity index (χ0n) is 13.5. The van der Waals surface area contributed by atoms with Gasteiger partial charge in [0.1, 0.15) is 0 Å². The Morgan fingerprint density at radius 2 is 2.00 bits per heavy atom. The minimum atomic E-state index is -0.702. The van der Waals surface area contributed by atoms with Crippen LogP contribution in [0.1, 0.15) is 19.3 Å². The number of hydrogen-bond acceptors (Lipinski definition) is 4. The first kappa shape index (κ1) is 16.7. The molecule has 130 valence electrons. The van der Waals surface area contributed by atoms with Crippen molar-refractivity contribution in [3.63, 3.8) is 0 Å². The van der Waals surface area contributed by atoms with E-state index in [1.165, 1.54) is 0 Å². The first-order chi connectivity index (χ1) is 11.6. The van der Waals surface area contributed by atoms with Gasteiger partial charge < -0.3 is 20.1 Å². The lowest BCUT2D eigenvalue weighted by atomic mass is 9.91. The number of aliphatic hydroxyl groups excluding tert-OH is 2. The second kappa shape index (κ2) is 7.19. The van der Waals surface area contributed by atoms with Crippen LogP contribution in [0.2, 0.25) is 0 Å². The number of imidazole rings is 1. The summed E-state index contributed by atoms with van der Waals surface area (Å²) in [6, 6.07) is 7.43. The third-order valence-electron chi connectivity index (χ3n) is 4.85. The van der Waals surface area contributed by atoms with Gasteiger partial charge in [-0.25, -0.2) is 4.79 Å². The fourth-order valence-electron chi connectivity index (χ4n) is 3.38. The van der Waals surface area contributed by atoms with E-state index in [1.807, 2.05) is 24.3 Å². The average Bonchev–Trinajstić information content (AvgIpc) is 2.94. The number of aliphatic hydroxyl groups is 2. The Morgan fingerprint density at radius 3 is 2.71 bits per heavy atom. The maximum Gasteiger partial charge on any atom is 0.326 e. The Hall–Kier alpha value is -2.12. The number of aryl methyl sites for hydroxylation is 1. The predicted octanol–water partition coefficient (Wildman–Crippen LogP) is 0.311. The molecule has 1 fully saturated rings. The number of piperidine rings is 1. The molecule has 2 aromatic rings. The van der Waals surface area contributed by atoms with Crippen molar-refractivity contribution in [2.24, 2.45) is 5.92 Å². The van der Waals surface area contributed by atoms with Gasteiger partial charge in [-0.15, -0.1) is 0 Å². The fraction of sp³-hybridized carbons (Fsp3) is 0.529. The molecular formula is C17H23N3O4. The van der Waals surface area contributed by atoms with Crippen molar-refractivity contribution >= 4 is 16.9 Å². The number of para-hydroxylation sites is 2. The summed E-state index contributed by atoms with van der Waals surface area (Å²) in [5.41, 5.74) is 1.38. The van der Waals surface area contributed by atoms with Gasteiger partial charge >= 0.3 is 5.69 Å². The molecule has 0 aliphatic carbocycles. The van der Waals surface area contributed by atoms with Gasteiger partial charge in [-0.2, -0.15) is 0 Å². The SMILES string of the molecule is O=C(CCn1c(=O)[nH]c2ccccc21)N1CCC(C(O)CO)CC1.